The van der Waals surface area contributed by atoms with Gasteiger partial charge in [0.1, 0.15) is 6.17 Å². The van der Waals surface area contributed by atoms with E-state index in [1.54, 1.807) is 24.0 Å². The number of hydrogen-bond acceptors (Lipinski definition) is 1. The highest BCUT2D eigenvalue weighted by atomic mass is 19.1. The second-order valence-electron chi connectivity index (χ2n) is 2.03. The maximum absolute atomic E-state index is 12.4. The van der Waals surface area contributed by atoms with Gasteiger partial charge in [0.25, 0.3) is 0 Å². The molecule has 1 aromatic rings. The van der Waals surface area contributed by atoms with Crippen molar-refractivity contribution in [3.8, 4) is 0 Å². The molecule has 1 aromatic heterocycles. The lowest BCUT2D eigenvalue weighted by Gasteiger charge is -1.92. The Labute approximate surface area is 60.7 Å². The fraction of sp³-hybridized carbons (Fsp3) is 0.571. The van der Waals surface area contributed by atoms with Crippen molar-refractivity contribution in [2.75, 3.05) is 0 Å². The molecule has 0 aliphatic heterocycles. The standard InChI is InChI=1S/C6H9FN2.CH4/c1-5(7)6-3-4-9(2)8-6;/h3-5H,1-2H3;1H4. The van der Waals surface area contributed by atoms with Gasteiger partial charge in [-0.2, -0.15) is 5.10 Å². The lowest BCUT2D eigenvalue weighted by atomic mass is 10.3. The van der Waals surface area contributed by atoms with E-state index in [-0.39, 0.29) is 7.43 Å². The van der Waals surface area contributed by atoms with E-state index in [4.69, 9.17) is 0 Å². The molecule has 0 bridgehead atoms. The highest BCUT2D eigenvalue weighted by Crippen LogP contribution is 2.11. The maximum atomic E-state index is 12.4. The number of nitrogens with zero attached hydrogens (tertiary/aromatic N) is 2. The first-order chi connectivity index (χ1) is 4.20. The van der Waals surface area contributed by atoms with E-state index < -0.39 is 6.17 Å². The number of aromatic nitrogens is 2. The van der Waals surface area contributed by atoms with Gasteiger partial charge in [0.05, 0.1) is 5.69 Å². The quantitative estimate of drug-likeness (QED) is 0.590. The minimum absolute atomic E-state index is 0. The lowest BCUT2D eigenvalue weighted by molar-refractivity contribution is 0.363. The Hall–Kier alpha value is -0.860. The van der Waals surface area contributed by atoms with E-state index in [9.17, 15) is 4.39 Å². The van der Waals surface area contributed by atoms with Crippen LogP contribution in [0.4, 0.5) is 4.39 Å². The first kappa shape index (κ1) is 9.14. The molecule has 1 unspecified atom stereocenters. The fourth-order valence-corrected chi connectivity index (χ4v) is 0.645. The van der Waals surface area contributed by atoms with E-state index in [0.717, 1.165) is 0 Å². The van der Waals surface area contributed by atoms with Crippen LogP contribution in [0.3, 0.4) is 0 Å². The lowest BCUT2D eigenvalue weighted by Crippen LogP contribution is -1.91. The van der Waals surface area contributed by atoms with Crippen LogP contribution in [0.2, 0.25) is 0 Å². The van der Waals surface area contributed by atoms with Crippen molar-refractivity contribution >= 4 is 0 Å². The highest BCUT2D eigenvalue weighted by Gasteiger charge is 2.03. The van der Waals surface area contributed by atoms with Crippen molar-refractivity contribution in [2.45, 2.75) is 20.5 Å². The third-order valence-electron chi connectivity index (χ3n) is 1.14. The van der Waals surface area contributed by atoms with E-state index in [1.807, 2.05) is 0 Å². The molecule has 1 heterocycles. The molecular formula is C7H13FN2. The smallest absolute Gasteiger partial charge is 0.141 e. The second-order valence-corrected chi connectivity index (χ2v) is 2.03. The van der Waals surface area contributed by atoms with Gasteiger partial charge in [-0.3, -0.25) is 4.68 Å². The topological polar surface area (TPSA) is 17.8 Å². The predicted octanol–water partition coefficient (Wildman–Crippen LogP) is 2.09. The van der Waals surface area contributed by atoms with Crippen molar-refractivity contribution in [3.05, 3.63) is 18.0 Å². The van der Waals surface area contributed by atoms with E-state index in [0.29, 0.717) is 5.69 Å². The average molecular weight is 144 g/mol. The molecule has 10 heavy (non-hydrogen) atoms. The van der Waals surface area contributed by atoms with Gasteiger partial charge >= 0.3 is 0 Å². The summed E-state index contributed by atoms with van der Waals surface area (Å²) in [6.07, 6.45) is 0.775. The molecule has 0 saturated heterocycles. The van der Waals surface area contributed by atoms with Crippen molar-refractivity contribution in [2.24, 2.45) is 7.05 Å². The summed E-state index contributed by atoms with van der Waals surface area (Å²) in [5, 5.41) is 3.85. The Morgan fingerprint density at radius 3 is 2.50 bits per heavy atom. The van der Waals surface area contributed by atoms with Crippen molar-refractivity contribution in [3.63, 3.8) is 0 Å². The molecule has 58 valence electrons. The third kappa shape index (κ3) is 1.83. The molecule has 0 aliphatic rings. The summed E-state index contributed by atoms with van der Waals surface area (Å²) < 4.78 is 14.0. The number of aryl methyl sites for hydroxylation is 1. The maximum Gasteiger partial charge on any atom is 0.141 e. The van der Waals surface area contributed by atoms with Gasteiger partial charge in [-0.05, 0) is 13.0 Å². The Balaban J connectivity index is 0.000000810. The van der Waals surface area contributed by atoms with E-state index >= 15 is 0 Å². The molecule has 2 nitrogen and oxygen atoms in total. The third-order valence-corrected chi connectivity index (χ3v) is 1.14. The van der Waals surface area contributed by atoms with Crippen molar-refractivity contribution < 1.29 is 4.39 Å². The molecule has 0 spiro atoms. The largest absolute Gasteiger partial charge is 0.275 e. The summed E-state index contributed by atoms with van der Waals surface area (Å²) in [4.78, 5) is 0. The van der Waals surface area contributed by atoms with Crippen LogP contribution in [0.1, 0.15) is 26.2 Å². The summed E-state index contributed by atoms with van der Waals surface area (Å²) in [6.45, 7) is 1.47. The monoisotopic (exact) mass is 144 g/mol. The Morgan fingerprint density at radius 2 is 2.30 bits per heavy atom. The Kier molecular flexibility index (Phi) is 3.06. The first-order valence-corrected chi connectivity index (χ1v) is 2.84. The normalized spacial score (nSPS) is 12.3. The molecule has 0 fully saturated rings. The van der Waals surface area contributed by atoms with Crippen molar-refractivity contribution in [1.82, 2.24) is 9.78 Å². The van der Waals surface area contributed by atoms with Gasteiger partial charge in [-0.1, -0.05) is 7.43 Å². The van der Waals surface area contributed by atoms with Gasteiger partial charge in [0, 0.05) is 13.2 Å². The Bertz CT molecular complexity index is 193. The van der Waals surface area contributed by atoms with Gasteiger partial charge < -0.3 is 0 Å². The van der Waals surface area contributed by atoms with Crippen LogP contribution in [-0.2, 0) is 7.05 Å². The second kappa shape index (κ2) is 3.34. The zero-order chi connectivity index (χ0) is 6.85. The van der Waals surface area contributed by atoms with Crippen LogP contribution in [0.15, 0.2) is 12.3 Å². The van der Waals surface area contributed by atoms with Crippen LogP contribution >= 0.6 is 0 Å². The molecule has 0 N–H and O–H groups in total. The van der Waals surface area contributed by atoms with Gasteiger partial charge in [-0.25, -0.2) is 4.39 Å². The van der Waals surface area contributed by atoms with Gasteiger partial charge in [-0.15, -0.1) is 0 Å². The van der Waals surface area contributed by atoms with Crippen LogP contribution < -0.4 is 0 Å². The predicted molar refractivity (Wildman–Crippen MR) is 39.5 cm³/mol. The number of rotatable bonds is 1. The van der Waals surface area contributed by atoms with Crippen LogP contribution in [0, 0.1) is 0 Å². The summed E-state index contributed by atoms with van der Waals surface area (Å²) in [5.41, 5.74) is 0.498. The first-order valence-electron chi connectivity index (χ1n) is 2.84. The minimum Gasteiger partial charge on any atom is -0.275 e. The minimum atomic E-state index is -0.953. The van der Waals surface area contributed by atoms with Gasteiger partial charge in [0.15, 0.2) is 0 Å². The van der Waals surface area contributed by atoms with Gasteiger partial charge in [0.2, 0.25) is 0 Å². The summed E-state index contributed by atoms with van der Waals surface area (Å²) >= 11 is 0. The molecule has 1 atom stereocenters. The number of alkyl halides is 1. The molecule has 0 saturated carbocycles. The fourth-order valence-electron chi connectivity index (χ4n) is 0.645. The molecule has 0 radical (unpaired) electrons. The molecule has 3 heteroatoms. The molecule has 0 amide bonds. The highest BCUT2D eigenvalue weighted by molar-refractivity contribution is 5.01. The van der Waals surface area contributed by atoms with Crippen LogP contribution in [0.25, 0.3) is 0 Å². The average Bonchev–Trinajstić information content (AvgIpc) is 2.14. The Morgan fingerprint density at radius 1 is 1.70 bits per heavy atom. The summed E-state index contributed by atoms with van der Waals surface area (Å²) in [7, 11) is 1.77. The SMILES string of the molecule is C.CC(F)c1ccn(C)n1. The van der Waals surface area contributed by atoms with E-state index in [1.165, 1.54) is 6.92 Å². The molecule has 1 rings (SSSR count). The number of halogens is 1. The zero-order valence-electron chi connectivity index (χ0n) is 5.50. The van der Waals surface area contributed by atoms with Crippen LogP contribution in [0.5, 0.6) is 0 Å². The summed E-state index contributed by atoms with van der Waals surface area (Å²) in [6, 6.07) is 1.67. The molecular weight excluding hydrogens is 131 g/mol. The van der Waals surface area contributed by atoms with Crippen molar-refractivity contribution in [1.29, 1.82) is 0 Å². The zero-order valence-corrected chi connectivity index (χ0v) is 5.50. The number of hydrogen-bond donors (Lipinski definition) is 0. The van der Waals surface area contributed by atoms with E-state index in [2.05, 4.69) is 5.10 Å². The molecule has 0 aromatic carbocycles. The van der Waals surface area contributed by atoms with Crippen LogP contribution in [-0.4, -0.2) is 9.78 Å². The summed E-state index contributed by atoms with van der Waals surface area (Å²) in [5.74, 6) is 0. The molecule has 0 aliphatic carbocycles.